The Labute approximate surface area is 119 Å². The van der Waals surface area contributed by atoms with Crippen molar-refractivity contribution in [2.45, 2.75) is 19.0 Å². The van der Waals surface area contributed by atoms with Gasteiger partial charge in [-0.2, -0.15) is 0 Å². The van der Waals surface area contributed by atoms with Crippen molar-refractivity contribution in [1.29, 1.82) is 0 Å². The highest BCUT2D eigenvalue weighted by molar-refractivity contribution is 5.21. The number of pyridine rings is 1. The minimum absolute atomic E-state index is 0.600. The Hall–Kier alpha value is -2.01. The average Bonchev–Trinajstić information content (AvgIpc) is 2.98. The van der Waals surface area contributed by atoms with Gasteiger partial charge >= 0.3 is 0 Å². The Morgan fingerprint density at radius 2 is 2.40 bits per heavy atom. The van der Waals surface area contributed by atoms with Gasteiger partial charge in [0.25, 0.3) is 0 Å². The van der Waals surface area contributed by atoms with E-state index in [-0.39, 0.29) is 0 Å². The molecule has 2 aliphatic heterocycles. The van der Waals surface area contributed by atoms with E-state index in [1.165, 1.54) is 12.1 Å². The Kier molecular flexibility index (Phi) is 3.87. The average molecular weight is 271 g/mol. The second-order valence-corrected chi connectivity index (χ2v) is 5.19. The lowest BCUT2D eigenvalue weighted by Gasteiger charge is -2.28. The zero-order valence-electron chi connectivity index (χ0n) is 11.8. The van der Waals surface area contributed by atoms with Crippen molar-refractivity contribution in [3.8, 4) is 0 Å². The number of rotatable bonds is 4. The number of hydrazine groups is 1. The van der Waals surface area contributed by atoms with Gasteiger partial charge in [0, 0.05) is 37.7 Å². The molecule has 0 spiro atoms. The molecule has 0 unspecified atom stereocenters. The molecule has 1 fully saturated rings. The van der Waals surface area contributed by atoms with Gasteiger partial charge in [0.05, 0.1) is 17.9 Å². The lowest BCUT2D eigenvalue weighted by atomic mass is 10.3. The van der Waals surface area contributed by atoms with Crippen molar-refractivity contribution in [3.63, 3.8) is 0 Å². The summed E-state index contributed by atoms with van der Waals surface area (Å²) in [5, 5.41) is 5.43. The first-order chi connectivity index (χ1) is 9.85. The van der Waals surface area contributed by atoms with Crippen LogP contribution in [0.4, 0.5) is 0 Å². The summed E-state index contributed by atoms with van der Waals surface area (Å²) in [6.07, 6.45) is 9.32. The number of allylic oxidation sites excluding steroid dienone is 1. The van der Waals surface area contributed by atoms with Crippen molar-refractivity contribution in [3.05, 3.63) is 54.3 Å². The maximum absolute atomic E-state index is 4.36. The molecular formula is C15H21N5. The van der Waals surface area contributed by atoms with E-state index in [1.807, 2.05) is 37.6 Å². The van der Waals surface area contributed by atoms with Crippen LogP contribution in [0.5, 0.6) is 0 Å². The van der Waals surface area contributed by atoms with Gasteiger partial charge in [-0.05, 0) is 31.7 Å². The third-order valence-electron chi connectivity index (χ3n) is 3.80. The molecule has 3 rings (SSSR count). The van der Waals surface area contributed by atoms with Crippen molar-refractivity contribution in [2.75, 3.05) is 20.1 Å². The van der Waals surface area contributed by atoms with E-state index in [2.05, 4.69) is 37.9 Å². The molecule has 0 bridgehead atoms. The van der Waals surface area contributed by atoms with Gasteiger partial charge in [-0.1, -0.05) is 6.07 Å². The van der Waals surface area contributed by atoms with Crippen LogP contribution in [-0.2, 0) is 6.54 Å². The first-order valence-electron chi connectivity index (χ1n) is 7.08. The quantitative estimate of drug-likeness (QED) is 0.857. The molecule has 20 heavy (non-hydrogen) atoms. The molecule has 5 heteroatoms. The Balaban J connectivity index is 1.65. The first-order valence-corrected chi connectivity index (χ1v) is 7.08. The summed E-state index contributed by atoms with van der Waals surface area (Å²) in [7, 11) is 2.04. The standard InChI is InChI=1S/C15H21N5/c1-16-13-6-9-19(10-13)15-5-8-18-20(12-15)11-14-4-2-3-7-17-14/h2-5,7-8,12-13,16,18H,6,9-11H2,1H3/t13-/m0/s1. The maximum atomic E-state index is 4.36. The van der Waals surface area contributed by atoms with Crippen LogP contribution in [0, 0.1) is 0 Å². The van der Waals surface area contributed by atoms with Crippen molar-refractivity contribution < 1.29 is 0 Å². The molecule has 1 atom stereocenters. The van der Waals surface area contributed by atoms with Gasteiger partial charge in [0.2, 0.25) is 0 Å². The van der Waals surface area contributed by atoms with E-state index < -0.39 is 0 Å². The maximum Gasteiger partial charge on any atom is 0.0810 e. The van der Waals surface area contributed by atoms with Crippen LogP contribution >= 0.6 is 0 Å². The van der Waals surface area contributed by atoms with Crippen LogP contribution in [0.25, 0.3) is 0 Å². The second kappa shape index (κ2) is 5.96. The molecule has 5 nitrogen and oxygen atoms in total. The summed E-state index contributed by atoms with van der Waals surface area (Å²) in [6.45, 7) is 2.95. The minimum atomic E-state index is 0.600. The monoisotopic (exact) mass is 271 g/mol. The Bertz CT molecular complexity index is 496. The van der Waals surface area contributed by atoms with Crippen LogP contribution in [0.3, 0.4) is 0 Å². The summed E-state index contributed by atoms with van der Waals surface area (Å²) in [6, 6.07) is 6.60. The van der Waals surface area contributed by atoms with E-state index in [1.54, 1.807) is 0 Å². The molecule has 1 aromatic heterocycles. The fourth-order valence-electron chi connectivity index (χ4n) is 2.63. The summed E-state index contributed by atoms with van der Waals surface area (Å²) >= 11 is 0. The van der Waals surface area contributed by atoms with E-state index >= 15 is 0 Å². The van der Waals surface area contributed by atoms with Crippen molar-refractivity contribution >= 4 is 0 Å². The number of aromatic nitrogens is 1. The molecule has 106 valence electrons. The van der Waals surface area contributed by atoms with Crippen molar-refractivity contribution in [1.82, 2.24) is 25.6 Å². The Morgan fingerprint density at radius 3 is 3.15 bits per heavy atom. The number of likely N-dealkylation sites (tertiary alicyclic amines) is 1. The number of nitrogens with one attached hydrogen (secondary N) is 2. The minimum Gasteiger partial charge on any atom is -0.369 e. The van der Waals surface area contributed by atoms with Gasteiger partial charge in [-0.15, -0.1) is 0 Å². The topological polar surface area (TPSA) is 43.4 Å². The van der Waals surface area contributed by atoms with E-state index in [0.29, 0.717) is 6.04 Å². The van der Waals surface area contributed by atoms with Gasteiger partial charge in [0.1, 0.15) is 0 Å². The van der Waals surface area contributed by atoms with Gasteiger partial charge in [0.15, 0.2) is 0 Å². The zero-order valence-corrected chi connectivity index (χ0v) is 11.8. The number of likely N-dealkylation sites (N-methyl/N-ethyl adjacent to an activating group) is 1. The largest absolute Gasteiger partial charge is 0.369 e. The fraction of sp³-hybridized carbons (Fsp3) is 0.400. The lowest BCUT2D eigenvalue weighted by Crippen LogP contribution is -2.35. The second-order valence-electron chi connectivity index (χ2n) is 5.19. The van der Waals surface area contributed by atoms with E-state index in [0.717, 1.165) is 25.3 Å². The molecule has 0 saturated carbocycles. The molecule has 0 aliphatic carbocycles. The summed E-state index contributed by atoms with van der Waals surface area (Å²) < 4.78 is 0. The van der Waals surface area contributed by atoms with E-state index in [9.17, 15) is 0 Å². The molecular weight excluding hydrogens is 250 g/mol. The Morgan fingerprint density at radius 1 is 1.45 bits per heavy atom. The van der Waals surface area contributed by atoms with Crippen LogP contribution < -0.4 is 10.7 Å². The molecule has 1 aromatic rings. The van der Waals surface area contributed by atoms with Gasteiger partial charge in [-0.3, -0.25) is 9.99 Å². The lowest BCUT2D eigenvalue weighted by molar-refractivity contribution is 0.282. The molecule has 2 aliphatic rings. The van der Waals surface area contributed by atoms with Crippen LogP contribution in [-0.4, -0.2) is 41.1 Å². The number of nitrogens with zero attached hydrogens (tertiary/aromatic N) is 3. The highest BCUT2D eigenvalue weighted by Gasteiger charge is 2.23. The molecule has 3 heterocycles. The molecule has 0 amide bonds. The summed E-state index contributed by atoms with van der Waals surface area (Å²) in [5.41, 5.74) is 5.56. The molecule has 0 aromatic carbocycles. The first kappa shape index (κ1) is 13.0. The van der Waals surface area contributed by atoms with Crippen LogP contribution in [0.2, 0.25) is 0 Å². The molecule has 2 N–H and O–H groups in total. The highest BCUT2D eigenvalue weighted by Crippen LogP contribution is 2.18. The predicted molar refractivity (Wildman–Crippen MR) is 79.2 cm³/mol. The zero-order chi connectivity index (χ0) is 13.8. The summed E-state index contributed by atoms with van der Waals surface area (Å²) in [4.78, 5) is 6.78. The molecule has 0 radical (unpaired) electrons. The number of hydrogen-bond donors (Lipinski definition) is 2. The van der Waals surface area contributed by atoms with E-state index in [4.69, 9.17) is 0 Å². The predicted octanol–water partition coefficient (Wildman–Crippen LogP) is 1.05. The smallest absolute Gasteiger partial charge is 0.0810 e. The van der Waals surface area contributed by atoms with Crippen molar-refractivity contribution in [2.24, 2.45) is 0 Å². The molecule has 1 saturated heterocycles. The van der Waals surface area contributed by atoms with Gasteiger partial charge < -0.3 is 15.6 Å². The third-order valence-corrected chi connectivity index (χ3v) is 3.80. The van der Waals surface area contributed by atoms with Crippen LogP contribution in [0.1, 0.15) is 12.1 Å². The summed E-state index contributed by atoms with van der Waals surface area (Å²) in [5.74, 6) is 0. The van der Waals surface area contributed by atoms with Gasteiger partial charge in [-0.25, -0.2) is 0 Å². The van der Waals surface area contributed by atoms with Crippen LogP contribution in [0.15, 0.2) is 48.6 Å². The normalized spacial score (nSPS) is 21.9. The highest BCUT2D eigenvalue weighted by atomic mass is 15.5. The number of hydrogen-bond acceptors (Lipinski definition) is 5. The SMILES string of the molecule is CN[C@H]1CCN(C2=CN(Cc3ccccn3)NC=C2)C1. The third kappa shape index (κ3) is 2.93. The fourth-order valence-corrected chi connectivity index (χ4v) is 2.63.